The third-order valence-electron chi connectivity index (χ3n) is 7.94. The van der Waals surface area contributed by atoms with Crippen LogP contribution in [0.2, 0.25) is 10.0 Å². The number of hydrazine groups is 1. The summed E-state index contributed by atoms with van der Waals surface area (Å²) >= 11 is 13.3. The Balaban J connectivity index is 1.53. The van der Waals surface area contributed by atoms with E-state index in [4.69, 9.17) is 32.7 Å². The van der Waals surface area contributed by atoms with E-state index in [-0.39, 0.29) is 46.6 Å². The van der Waals surface area contributed by atoms with E-state index in [9.17, 15) is 27.9 Å². The van der Waals surface area contributed by atoms with Crippen LogP contribution in [0, 0.1) is 13.8 Å². The fraction of sp³-hybridized carbons (Fsp3) is 0.472. The van der Waals surface area contributed by atoms with Crippen LogP contribution in [0.25, 0.3) is 10.9 Å². The minimum Gasteiger partial charge on any atom is -0.443 e. The predicted octanol–water partition coefficient (Wildman–Crippen LogP) is 6.21. The second-order valence-electron chi connectivity index (χ2n) is 14.6. The van der Waals surface area contributed by atoms with Gasteiger partial charge in [-0.05, 0) is 92.0 Å². The van der Waals surface area contributed by atoms with Crippen LogP contribution in [0.4, 0.5) is 9.59 Å². The van der Waals surface area contributed by atoms with E-state index in [1.807, 2.05) is 26.0 Å². The lowest BCUT2D eigenvalue weighted by molar-refractivity contribution is -0.124. The molecular weight excluding hydrogens is 747 g/mol. The van der Waals surface area contributed by atoms with Gasteiger partial charge >= 0.3 is 12.2 Å². The first-order chi connectivity index (χ1) is 24.6. The van der Waals surface area contributed by atoms with Gasteiger partial charge in [0.2, 0.25) is 15.9 Å². The summed E-state index contributed by atoms with van der Waals surface area (Å²) < 4.78 is 39.8. The quantitative estimate of drug-likeness (QED) is 0.121. The number of carbonyl (C=O) groups is 3. The van der Waals surface area contributed by atoms with Gasteiger partial charge < -0.3 is 19.9 Å². The molecule has 0 spiro atoms. The highest BCUT2D eigenvalue weighted by Gasteiger charge is 2.41. The highest BCUT2D eigenvalue weighted by Crippen LogP contribution is 2.41. The summed E-state index contributed by atoms with van der Waals surface area (Å²) in [5.74, 6) is -0.592. The molecule has 53 heavy (non-hydrogen) atoms. The topological polar surface area (TPSA) is 180 Å². The molecule has 2 heterocycles. The van der Waals surface area contributed by atoms with Crippen molar-refractivity contribution in [3.05, 3.63) is 68.8 Å². The third kappa shape index (κ3) is 10.6. The number of carbonyl (C=O) groups excluding carboxylic acids is 3. The van der Waals surface area contributed by atoms with Crippen LogP contribution < -0.4 is 10.7 Å². The summed E-state index contributed by atoms with van der Waals surface area (Å²) in [4.78, 5) is 46.1. The second kappa shape index (κ2) is 16.6. The van der Waals surface area contributed by atoms with E-state index < -0.39 is 51.5 Å². The first-order valence-electron chi connectivity index (χ1n) is 16.9. The molecule has 2 aromatic carbocycles. The largest absolute Gasteiger partial charge is 0.443 e. The van der Waals surface area contributed by atoms with Gasteiger partial charge in [-0.2, -0.15) is 9.30 Å². The molecule has 1 aromatic heterocycles. The Kier molecular flexibility index (Phi) is 13.0. The summed E-state index contributed by atoms with van der Waals surface area (Å²) in [7, 11) is -4.38. The number of aliphatic imine (C=N–C) groups is 1. The molecule has 0 radical (unpaired) electrons. The fourth-order valence-corrected chi connectivity index (χ4v) is 8.38. The van der Waals surface area contributed by atoms with Gasteiger partial charge in [-0.3, -0.25) is 14.8 Å². The number of hydrogen-bond donors (Lipinski definition) is 3. The van der Waals surface area contributed by atoms with Gasteiger partial charge in [-0.25, -0.2) is 23.4 Å². The Morgan fingerprint density at radius 3 is 2.43 bits per heavy atom. The number of aliphatic hydroxyl groups excluding tert-OH is 1. The molecule has 4 rings (SSSR count). The zero-order chi connectivity index (χ0) is 39.5. The van der Waals surface area contributed by atoms with Gasteiger partial charge in [0.25, 0.3) is 0 Å². The van der Waals surface area contributed by atoms with Crippen LogP contribution in [0.15, 0.2) is 46.3 Å². The molecule has 17 heteroatoms. The van der Waals surface area contributed by atoms with E-state index in [1.165, 1.54) is 12.1 Å². The van der Waals surface area contributed by atoms with Crippen molar-refractivity contribution in [2.75, 3.05) is 19.6 Å². The molecule has 3 amide bonds. The lowest BCUT2D eigenvalue weighted by Gasteiger charge is -2.26. The zero-order valence-corrected chi connectivity index (χ0v) is 33.3. The summed E-state index contributed by atoms with van der Waals surface area (Å²) in [6, 6.07) is 8.77. The Bertz CT molecular complexity index is 2010. The number of pyridine rings is 1. The number of aromatic nitrogens is 1. The molecule has 14 nitrogen and oxygen atoms in total. The molecule has 1 unspecified atom stereocenters. The molecule has 3 aromatic rings. The van der Waals surface area contributed by atoms with Gasteiger partial charge in [0, 0.05) is 40.3 Å². The van der Waals surface area contributed by atoms with Gasteiger partial charge in [0.15, 0.2) is 0 Å². The summed E-state index contributed by atoms with van der Waals surface area (Å²) in [6.07, 6.45) is -1.50. The minimum atomic E-state index is -4.38. The molecule has 0 aliphatic carbocycles. The number of para-hydroxylation sites is 1. The molecular formula is C36H46Cl2N6O8S. The van der Waals surface area contributed by atoms with E-state index in [0.717, 1.165) is 32.3 Å². The number of hydrogen-bond acceptors (Lipinski definition) is 9. The Labute approximate surface area is 319 Å². The number of rotatable bonds is 10. The van der Waals surface area contributed by atoms with Crippen molar-refractivity contribution in [2.24, 2.45) is 4.99 Å². The van der Waals surface area contributed by atoms with Gasteiger partial charge in [-0.15, -0.1) is 0 Å². The maximum Gasteiger partial charge on any atom is 0.435 e. The monoisotopic (exact) mass is 792 g/mol. The Morgan fingerprint density at radius 2 is 1.77 bits per heavy atom. The average Bonchev–Trinajstić information content (AvgIpc) is 3.53. The molecule has 3 N–H and O–H groups in total. The van der Waals surface area contributed by atoms with E-state index >= 15 is 0 Å². The van der Waals surface area contributed by atoms with Gasteiger partial charge in [-0.1, -0.05) is 41.4 Å². The second-order valence-corrected chi connectivity index (χ2v) is 17.2. The number of fused-ring (bicyclic) bond motifs is 1. The molecule has 1 aliphatic rings. The van der Waals surface area contributed by atoms with Crippen LogP contribution in [-0.2, 0) is 24.3 Å². The van der Waals surface area contributed by atoms with Crippen molar-refractivity contribution in [2.45, 2.75) is 96.5 Å². The fourth-order valence-electron chi connectivity index (χ4n) is 5.78. The normalized spacial score (nSPS) is 16.1. The number of amides is 3. The highest BCUT2D eigenvalue weighted by atomic mass is 35.5. The zero-order valence-electron chi connectivity index (χ0n) is 31.0. The van der Waals surface area contributed by atoms with Crippen LogP contribution in [-0.4, -0.2) is 89.1 Å². The molecule has 0 saturated carbocycles. The van der Waals surface area contributed by atoms with Crippen molar-refractivity contribution in [1.29, 1.82) is 0 Å². The number of aliphatic hydroxyl groups is 1. The van der Waals surface area contributed by atoms with Crippen molar-refractivity contribution in [3.8, 4) is 0 Å². The van der Waals surface area contributed by atoms with Crippen LogP contribution >= 0.6 is 23.2 Å². The number of ether oxygens (including phenoxy) is 2. The van der Waals surface area contributed by atoms with E-state index in [1.54, 1.807) is 53.7 Å². The molecule has 288 valence electrons. The lowest BCUT2D eigenvalue weighted by Crippen LogP contribution is -2.50. The molecule has 0 bridgehead atoms. The molecule has 1 fully saturated rings. The first-order valence-corrected chi connectivity index (χ1v) is 19.1. The molecule has 2 atom stereocenters. The SMILES string of the molecule is Cc1cc(C)c2cccc(C(O)c3c(Cl)ccc(S(=O)(=O)N4CCC[C@H]4C(=O)NCCN(C=NC(=O)OC(C)(C)C)NC(=O)OC(C)(C)C)c3Cl)c2n1. The van der Waals surface area contributed by atoms with E-state index in [2.05, 4.69) is 20.7 Å². The Hall–Kier alpha value is -4.02. The van der Waals surface area contributed by atoms with Crippen molar-refractivity contribution in [3.63, 3.8) is 0 Å². The minimum absolute atomic E-state index is 0.00584. The van der Waals surface area contributed by atoms with Crippen molar-refractivity contribution < 1.29 is 37.4 Å². The number of benzene rings is 2. The number of nitrogens with one attached hydrogen (secondary N) is 2. The lowest BCUT2D eigenvalue weighted by atomic mass is 9.97. The van der Waals surface area contributed by atoms with Gasteiger partial charge in [0.1, 0.15) is 34.6 Å². The maximum atomic E-state index is 14.2. The smallest absolute Gasteiger partial charge is 0.435 e. The summed E-state index contributed by atoms with van der Waals surface area (Å²) in [5, 5.41) is 16.1. The average molecular weight is 794 g/mol. The standard InChI is InChI=1S/C36H46Cl2N6O8S/c1-21-19-22(2)41-30-23(21)11-9-12-24(30)31(45)28-25(37)14-15-27(29(28)38)53(49,50)44-17-10-13-26(44)32(46)39-16-18-43(42-34(48)52-36(6,7)8)20-40-33(47)51-35(3,4)5/h9,11-12,14-15,19-20,26,31,45H,10,13,16-18H2,1-8H3,(H,39,46)(H,42,48)/t26-,31?/m0/s1. The number of sulfonamides is 1. The van der Waals surface area contributed by atoms with Crippen LogP contribution in [0.3, 0.4) is 0 Å². The predicted molar refractivity (Wildman–Crippen MR) is 202 cm³/mol. The third-order valence-corrected chi connectivity index (χ3v) is 10.7. The maximum absolute atomic E-state index is 14.2. The van der Waals surface area contributed by atoms with Crippen LogP contribution in [0.1, 0.15) is 82.9 Å². The van der Waals surface area contributed by atoms with Crippen molar-refractivity contribution >= 4 is 68.6 Å². The summed E-state index contributed by atoms with van der Waals surface area (Å²) in [5.41, 5.74) is 3.45. The first kappa shape index (κ1) is 41.7. The number of halogens is 2. The van der Waals surface area contributed by atoms with E-state index in [0.29, 0.717) is 17.5 Å². The number of aryl methyl sites for hydroxylation is 2. The molecule has 1 saturated heterocycles. The summed E-state index contributed by atoms with van der Waals surface area (Å²) in [6.45, 7) is 13.7. The van der Waals surface area contributed by atoms with Crippen LogP contribution in [0.5, 0.6) is 0 Å². The number of nitrogens with zero attached hydrogens (tertiary/aromatic N) is 4. The Morgan fingerprint density at radius 1 is 1.09 bits per heavy atom. The highest BCUT2D eigenvalue weighted by molar-refractivity contribution is 7.89. The van der Waals surface area contributed by atoms with Crippen molar-refractivity contribution in [1.82, 2.24) is 25.0 Å². The molecule has 1 aliphatic heterocycles. The van der Waals surface area contributed by atoms with Gasteiger partial charge in [0.05, 0.1) is 17.1 Å².